The van der Waals surface area contributed by atoms with Gasteiger partial charge in [0.2, 0.25) is 0 Å². The van der Waals surface area contributed by atoms with Gasteiger partial charge in [0.25, 0.3) is 0 Å². The molecule has 0 aliphatic rings. The molecule has 0 aliphatic carbocycles. The second kappa shape index (κ2) is 8.26. The third-order valence-electron chi connectivity index (χ3n) is 2.10. The number of aryl methyl sites for hydroxylation is 1. The van der Waals surface area contributed by atoms with Crippen molar-refractivity contribution in [1.29, 1.82) is 0 Å². The first-order valence-corrected chi connectivity index (χ1v) is 5.51. The van der Waals surface area contributed by atoms with E-state index in [-0.39, 0.29) is 24.0 Å². The van der Waals surface area contributed by atoms with Crippen molar-refractivity contribution in [1.82, 2.24) is 25.4 Å². The number of nitrogens with one attached hydrogen (secondary N) is 2. The maximum atomic E-state index is 4.12. The molecule has 0 spiro atoms. The van der Waals surface area contributed by atoms with Crippen molar-refractivity contribution in [3.05, 3.63) is 12.2 Å². The first-order chi connectivity index (χ1) is 7.67. The second-order valence-corrected chi connectivity index (χ2v) is 3.76. The summed E-state index contributed by atoms with van der Waals surface area (Å²) in [4.78, 5) is 4.12. The van der Waals surface area contributed by atoms with Crippen molar-refractivity contribution in [3.8, 4) is 0 Å². The van der Waals surface area contributed by atoms with E-state index in [0.717, 1.165) is 18.3 Å². The van der Waals surface area contributed by atoms with E-state index in [1.165, 1.54) is 0 Å². The van der Waals surface area contributed by atoms with E-state index in [9.17, 15) is 0 Å². The fourth-order valence-corrected chi connectivity index (χ4v) is 1.31. The third-order valence-corrected chi connectivity index (χ3v) is 2.10. The number of hydrogen-bond acceptors (Lipinski definition) is 3. The van der Waals surface area contributed by atoms with Crippen LogP contribution in [-0.2, 0) is 13.1 Å². The van der Waals surface area contributed by atoms with Gasteiger partial charge in [-0.1, -0.05) is 0 Å². The van der Waals surface area contributed by atoms with Crippen molar-refractivity contribution in [2.24, 2.45) is 4.99 Å². The van der Waals surface area contributed by atoms with Gasteiger partial charge < -0.3 is 15.2 Å². The van der Waals surface area contributed by atoms with Gasteiger partial charge in [0.1, 0.15) is 6.33 Å². The molecular formula is C10H21IN6. The third kappa shape index (κ3) is 5.33. The molecule has 2 N–H and O–H groups in total. The van der Waals surface area contributed by atoms with Crippen LogP contribution in [0, 0.1) is 0 Å². The molecule has 1 rings (SSSR count). The molecule has 1 heterocycles. The van der Waals surface area contributed by atoms with Crippen LogP contribution in [0.2, 0.25) is 0 Å². The van der Waals surface area contributed by atoms with Crippen LogP contribution in [0.25, 0.3) is 0 Å². The molecule has 0 atom stereocenters. The minimum Gasteiger partial charge on any atom is -0.354 e. The molecule has 0 radical (unpaired) electrons. The Kier molecular flexibility index (Phi) is 7.85. The lowest BCUT2D eigenvalue weighted by Crippen LogP contribution is -2.41. The van der Waals surface area contributed by atoms with Crippen LogP contribution in [-0.4, -0.2) is 33.8 Å². The summed E-state index contributed by atoms with van der Waals surface area (Å²) in [6, 6.07) is 0.357. The zero-order valence-electron chi connectivity index (χ0n) is 10.8. The van der Waals surface area contributed by atoms with Crippen molar-refractivity contribution in [2.45, 2.75) is 39.9 Å². The lowest BCUT2D eigenvalue weighted by atomic mass is 10.4. The Labute approximate surface area is 119 Å². The first kappa shape index (κ1) is 16.1. The molecule has 0 unspecified atom stereocenters. The summed E-state index contributed by atoms with van der Waals surface area (Å²) >= 11 is 0. The average Bonchev–Trinajstić information content (AvgIpc) is 2.70. The van der Waals surface area contributed by atoms with Crippen molar-refractivity contribution in [2.75, 3.05) is 7.05 Å². The van der Waals surface area contributed by atoms with E-state index in [0.29, 0.717) is 12.6 Å². The highest BCUT2D eigenvalue weighted by molar-refractivity contribution is 14.0. The predicted molar refractivity (Wildman–Crippen MR) is 79.6 cm³/mol. The summed E-state index contributed by atoms with van der Waals surface area (Å²) in [6.45, 7) is 7.71. The fraction of sp³-hybridized carbons (Fsp3) is 0.700. The molecule has 1 aromatic rings. The van der Waals surface area contributed by atoms with E-state index in [4.69, 9.17) is 0 Å². The van der Waals surface area contributed by atoms with E-state index in [1.54, 1.807) is 13.4 Å². The van der Waals surface area contributed by atoms with Gasteiger partial charge in [-0.3, -0.25) is 4.99 Å². The number of guanidine groups is 1. The highest BCUT2D eigenvalue weighted by atomic mass is 127. The Hall–Kier alpha value is -0.860. The molecule has 0 amide bonds. The summed E-state index contributed by atoms with van der Waals surface area (Å²) < 4.78 is 2.00. The largest absolute Gasteiger partial charge is 0.354 e. The summed E-state index contributed by atoms with van der Waals surface area (Å²) in [7, 11) is 1.75. The fourth-order valence-electron chi connectivity index (χ4n) is 1.31. The van der Waals surface area contributed by atoms with Gasteiger partial charge >= 0.3 is 0 Å². The Balaban J connectivity index is 0.00000256. The Morgan fingerprint density at radius 1 is 1.53 bits per heavy atom. The number of halogens is 1. The topological polar surface area (TPSA) is 67.1 Å². The van der Waals surface area contributed by atoms with Gasteiger partial charge in [0.05, 0.1) is 6.54 Å². The van der Waals surface area contributed by atoms with Crippen LogP contribution in [0.3, 0.4) is 0 Å². The van der Waals surface area contributed by atoms with Crippen molar-refractivity contribution in [3.63, 3.8) is 0 Å². The zero-order chi connectivity index (χ0) is 12.0. The highest BCUT2D eigenvalue weighted by Gasteiger charge is 2.04. The maximum absolute atomic E-state index is 4.12. The first-order valence-electron chi connectivity index (χ1n) is 5.51. The Morgan fingerprint density at radius 3 is 2.76 bits per heavy atom. The minimum atomic E-state index is 0. The maximum Gasteiger partial charge on any atom is 0.191 e. The molecule has 7 heteroatoms. The molecule has 98 valence electrons. The van der Waals surface area contributed by atoms with Gasteiger partial charge in [-0.2, -0.15) is 0 Å². The van der Waals surface area contributed by atoms with Crippen LogP contribution in [0.5, 0.6) is 0 Å². The smallest absolute Gasteiger partial charge is 0.191 e. The van der Waals surface area contributed by atoms with Gasteiger partial charge in [0, 0.05) is 19.6 Å². The Morgan fingerprint density at radius 2 is 2.24 bits per heavy atom. The van der Waals surface area contributed by atoms with Gasteiger partial charge in [0.15, 0.2) is 11.8 Å². The van der Waals surface area contributed by atoms with E-state index >= 15 is 0 Å². The van der Waals surface area contributed by atoms with E-state index in [2.05, 4.69) is 46.6 Å². The summed E-state index contributed by atoms with van der Waals surface area (Å²) in [5.41, 5.74) is 0. The molecule has 0 bridgehead atoms. The molecule has 17 heavy (non-hydrogen) atoms. The van der Waals surface area contributed by atoms with Crippen LogP contribution in [0.15, 0.2) is 11.3 Å². The van der Waals surface area contributed by atoms with Gasteiger partial charge in [-0.25, -0.2) is 0 Å². The van der Waals surface area contributed by atoms with Gasteiger partial charge in [-0.05, 0) is 20.8 Å². The lowest BCUT2D eigenvalue weighted by Gasteiger charge is -2.14. The molecule has 0 aromatic carbocycles. The number of hydrogen-bond donors (Lipinski definition) is 2. The summed E-state index contributed by atoms with van der Waals surface area (Å²) in [5, 5.41) is 14.3. The average molecular weight is 352 g/mol. The standard InChI is InChI=1S/C10H20N6.HI/c1-5-16-7-13-15-9(16)6-12-10(11-4)14-8(2)3;/h7-8H,5-6H2,1-4H3,(H2,11,12,14);1H. The summed E-state index contributed by atoms with van der Waals surface area (Å²) in [5.74, 6) is 1.69. The highest BCUT2D eigenvalue weighted by Crippen LogP contribution is 1.93. The van der Waals surface area contributed by atoms with E-state index in [1.807, 2.05) is 4.57 Å². The minimum absolute atomic E-state index is 0. The molecule has 0 fully saturated rings. The van der Waals surface area contributed by atoms with Crippen molar-refractivity contribution < 1.29 is 0 Å². The molecule has 6 nitrogen and oxygen atoms in total. The van der Waals surface area contributed by atoms with Crippen LogP contribution in [0.1, 0.15) is 26.6 Å². The van der Waals surface area contributed by atoms with Gasteiger partial charge in [-0.15, -0.1) is 34.2 Å². The summed E-state index contributed by atoms with van der Waals surface area (Å²) in [6.07, 6.45) is 1.73. The SMILES string of the molecule is CCn1cnnc1CNC(=NC)NC(C)C.I. The van der Waals surface area contributed by atoms with Crippen molar-refractivity contribution >= 4 is 29.9 Å². The Bertz CT molecular complexity index is 346. The molecule has 0 saturated heterocycles. The van der Waals surface area contributed by atoms with Crippen LogP contribution < -0.4 is 10.6 Å². The van der Waals surface area contributed by atoms with E-state index < -0.39 is 0 Å². The normalized spacial score (nSPS) is 11.2. The number of nitrogens with zero attached hydrogens (tertiary/aromatic N) is 4. The number of aromatic nitrogens is 3. The van der Waals surface area contributed by atoms with Crippen LogP contribution in [0.4, 0.5) is 0 Å². The molecule has 0 saturated carbocycles. The lowest BCUT2D eigenvalue weighted by molar-refractivity contribution is 0.654. The monoisotopic (exact) mass is 352 g/mol. The second-order valence-electron chi connectivity index (χ2n) is 3.76. The number of rotatable bonds is 4. The number of aliphatic imine (C=N–C) groups is 1. The predicted octanol–water partition coefficient (Wildman–Crippen LogP) is 0.989. The zero-order valence-corrected chi connectivity index (χ0v) is 13.1. The quantitative estimate of drug-likeness (QED) is 0.482. The molecule has 1 aromatic heterocycles. The molecule has 0 aliphatic heterocycles. The van der Waals surface area contributed by atoms with Crippen LogP contribution >= 0.6 is 24.0 Å². The molecular weight excluding hydrogens is 331 g/mol.